The minimum absolute atomic E-state index is 0.0550. The van der Waals surface area contributed by atoms with Gasteiger partial charge in [0, 0.05) is 33.6 Å². The Bertz CT molecular complexity index is 1760. The van der Waals surface area contributed by atoms with Gasteiger partial charge in [0.05, 0.1) is 21.8 Å². The monoisotopic (exact) mass is 536 g/mol. The second-order valence-electron chi connectivity index (χ2n) is 7.60. The lowest BCUT2D eigenvalue weighted by atomic mass is 10.1. The number of hydrogen-bond acceptors (Lipinski definition) is 7. The van der Waals surface area contributed by atoms with E-state index >= 15 is 0 Å². The Morgan fingerprint density at radius 3 is 2.47 bits per heavy atom. The normalized spacial score (nSPS) is 11.8. The van der Waals surface area contributed by atoms with Gasteiger partial charge in [-0.2, -0.15) is 0 Å². The number of aromatic hydroxyl groups is 1. The topological polar surface area (TPSA) is 114 Å². The molecule has 2 N–H and O–H groups in total. The van der Waals surface area contributed by atoms with Gasteiger partial charge in [0.15, 0.2) is 5.13 Å². The SMILES string of the molecule is O=c1c2ccccc2c(C=Nc2ccc(S(=O)(=O)Nc3nccs3)cc2)c(O)n1-c1cccc(Cl)c1. The molecule has 0 saturated heterocycles. The highest BCUT2D eigenvalue weighted by molar-refractivity contribution is 7.93. The van der Waals surface area contributed by atoms with Crippen LogP contribution in [0.5, 0.6) is 5.88 Å². The zero-order valence-electron chi connectivity index (χ0n) is 18.4. The Labute approximate surface area is 214 Å². The molecule has 180 valence electrons. The fourth-order valence-corrected chi connectivity index (χ4v) is 5.62. The smallest absolute Gasteiger partial charge is 0.265 e. The highest BCUT2D eigenvalue weighted by atomic mass is 35.5. The van der Waals surface area contributed by atoms with Crippen molar-refractivity contribution in [2.45, 2.75) is 4.90 Å². The fourth-order valence-electron chi connectivity index (χ4n) is 3.64. The maximum absolute atomic E-state index is 13.2. The van der Waals surface area contributed by atoms with Crippen LogP contribution in [0.1, 0.15) is 5.56 Å². The van der Waals surface area contributed by atoms with Gasteiger partial charge >= 0.3 is 0 Å². The number of aromatic nitrogens is 2. The first kappa shape index (κ1) is 23.7. The van der Waals surface area contributed by atoms with Crippen LogP contribution in [-0.2, 0) is 10.0 Å². The number of benzene rings is 3. The maximum Gasteiger partial charge on any atom is 0.265 e. The molecular formula is C25H17ClN4O4S2. The molecule has 0 spiro atoms. The highest BCUT2D eigenvalue weighted by Gasteiger charge is 2.17. The van der Waals surface area contributed by atoms with Crippen molar-refractivity contribution < 1.29 is 13.5 Å². The Balaban J connectivity index is 1.54. The molecule has 0 amide bonds. The number of hydrogen-bond donors (Lipinski definition) is 2. The number of aliphatic imine (C=N–C) groups is 1. The Kier molecular flexibility index (Phi) is 6.31. The van der Waals surface area contributed by atoms with Crippen LogP contribution in [0.4, 0.5) is 10.8 Å². The number of fused-ring (bicyclic) bond motifs is 1. The van der Waals surface area contributed by atoms with E-state index < -0.39 is 15.6 Å². The number of halogens is 1. The molecule has 5 aromatic rings. The van der Waals surface area contributed by atoms with E-state index in [1.54, 1.807) is 66.0 Å². The quantitative estimate of drug-likeness (QED) is 0.284. The first-order valence-corrected chi connectivity index (χ1v) is 13.3. The molecule has 8 nitrogen and oxygen atoms in total. The summed E-state index contributed by atoms with van der Waals surface area (Å²) in [6.07, 6.45) is 2.95. The molecule has 2 aromatic heterocycles. The van der Waals surface area contributed by atoms with Crippen molar-refractivity contribution in [3.05, 3.63) is 105 Å². The van der Waals surface area contributed by atoms with Crippen LogP contribution >= 0.6 is 22.9 Å². The Morgan fingerprint density at radius 1 is 1.03 bits per heavy atom. The number of rotatable bonds is 6. The molecule has 0 fully saturated rings. The van der Waals surface area contributed by atoms with Gasteiger partial charge in [-0.25, -0.2) is 18.0 Å². The van der Waals surface area contributed by atoms with E-state index in [-0.39, 0.29) is 15.9 Å². The number of sulfonamides is 1. The third-order valence-corrected chi connectivity index (χ3v) is 7.72. The second kappa shape index (κ2) is 9.57. The van der Waals surface area contributed by atoms with E-state index in [1.807, 2.05) is 0 Å². The summed E-state index contributed by atoms with van der Waals surface area (Å²) in [5.41, 5.74) is 0.789. The lowest BCUT2D eigenvalue weighted by Crippen LogP contribution is -2.20. The number of anilines is 1. The predicted octanol–water partition coefficient (Wildman–Crippen LogP) is 5.36. The van der Waals surface area contributed by atoms with Gasteiger partial charge in [-0.1, -0.05) is 35.9 Å². The first-order valence-electron chi connectivity index (χ1n) is 10.5. The van der Waals surface area contributed by atoms with Crippen molar-refractivity contribution in [3.63, 3.8) is 0 Å². The minimum atomic E-state index is -3.79. The average molecular weight is 537 g/mol. The van der Waals surface area contributed by atoms with E-state index in [1.165, 1.54) is 40.4 Å². The summed E-state index contributed by atoms with van der Waals surface area (Å²) in [6.45, 7) is 0. The molecule has 0 bridgehead atoms. The van der Waals surface area contributed by atoms with Crippen molar-refractivity contribution in [3.8, 4) is 11.6 Å². The molecule has 0 atom stereocenters. The summed E-state index contributed by atoms with van der Waals surface area (Å²) in [4.78, 5) is 21.6. The lowest BCUT2D eigenvalue weighted by molar-refractivity contribution is 0.436. The molecule has 36 heavy (non-hydrogen) atoms. The van der Waals surface area contributed by atoms with Gasteiger partial charge in [-0.05, 0) is 48.5 Å². The first-order chi connectivity index (χ1) is 17.3. The summed E-state index contributed by atoms with van der Waals surface area (Å²) in [6, 6.07) is 19.4. The Morgan fingerprint density at radius 2 is 1.78 bits per heavy atom. The van der Waals surface area contributed by atoms with Gasteiger partial charge in [-0.3, -0.25) is 14.5 Å². The largest absolute Gasteiger partial charge is 0.494 e. The van der Waals surface area contributed by atoms with Crippen LogP contribution in [0.3, 0.4) is 0 Å². The van der Waals surface area contributed by atoms with Gasteiger partial charge in [0.2, 0.25) is 5.88 Å². The Hall–Kier alpha value is -3.99. The van der Waals surface area contributed by atoms with Gasteiger partial charge in [-0.15, -0.1) is 11.3 Å². The van der Waals surface area contributed by atoms with E-state index in [0.717, 1.165) is 0 Å². The van der Waals surface area contributed by atoms with Gasteiger partial charge in [0.25, 0.3) is 15.6 Å². The lowest BCUT2D eigenvalue weighted by Gasteiger charge is -2.14. The van der Waals surface area contributed by atoms with Crippen LogP contribution in [0.2, 0.25) is 5.02 Å². The predicted molar refractivity (Wildman–Crippen MR) is 143 cm³/mol. The molecule has 0 radical (unpaired) electrons. The third kappa shape index (κ3) is 4.61. The summed E-state index contributed by atoms with van der Waals surface area (Å²) in [5.74, 6) is -0.295. The molecule has 5 rings (SSSR count). The number of nitrogens with zero attached hydrogens (tertiary/aromatic N) is 3. The molecule has 11 heteroatoms. The summed E-state index contributed by atoms with van der Waals surface area (Å²) in [5, 5.41) is 14.4. The molecule has 0 unspecified atom stereocenters. The summed E-state index contributed by atoms with van der Waals surface area (Å²) < 4.78 is 28.7. The molecule has 0 saturated carbocycles. The van der Waals surface area contributed by atoms with E-state index in [2.05, 4.69) is 14.7 Å². The van der Waals surface area contributed by atoms with Gasteiger partial charge < -0.3 is 5.11 Å². The van der Waals surface area contributed by atoms with Crippen molar-refractivity contribution in [1.29, 1.82) is 0 Å². The minimum Gasteiger partial charge on any atom is -0.494 e. The maximum atomic E-state index is 13.2. The number of nitrogens with one attached hydrogen (secondary N) is 1. The summed E-state index contributed by atoms with van der Waals surface area (Å²) in [7, 11) is -3.79. The highest BCUT2D eigenvalue weighted by Crippen LogP contribution is 2.28. The zero-order valence-corrected chi connectivity index (χ0v) is 20.8. The van der Waals surface area contributed by atoms with E-state index in [0.29, 0.717) is 32.7 Å². The van der Waals surface area contributed by atoms with Crippen LogP contribution in [0.15, 0.2) is 99.1 Å². The molecule has 0 aliphatic rings. The van der Waals surface area contributed by atoms with E-state index in [9.17, 15) is 18.3 Å². The van der Waals surface area contributed by atoms with Crippen molar-refractivity contribution in [2.75, 3.05) is 4.72 Å². The molecule has 2 heterocycles. The van der Waals surface area contributed by atoms with Crippen molar-refractivity contribution in [1.82, 2.24) is 9.55 Å². The summed E-state index contributed by atoms with van der Waals surface area (Å²) >= 11 is 7.29. The standard InChI is InChI=1S/C25H17ClN4O4S2/c26-16-4-3-5-18(14-16)30-23(31)21-7-2-1-6-20(21)22(24(30)32)15-28-17-8-10-19(11-9-17)36(33,34)29-25-27-12-13-35-25/h1-15,32H,(H,27,29). The number of thiazole rings is 1. The van der Waals surface area contributed by atoms with Crippen molar-refractivity contribution >= 4 is 60.8 Å². The number of pyridine rings is 1. The fraction of sp³-hybridized carbons (Fsp3) is 0. The van der Waals surface area contributed by atoms with Crippen LogP contribution in [0, 0.1) is 0 Å². The van der Waals surface area contributed by atoms with Gasteiger partial charge in [0.1, 0.15) is 0 Å². The van der Waals surface area contributed by atoms with Crippen LogP contribution < -0.4 is 10.3 Å². The molecular weight excluding hydrogens is 520 g/mol. The van der Waals surface area contributed by atoms with Crippen molar-refractivity contribution in [2.24, 2.45) is 4.99 Å². The molecule has 0 aliphatic heterocycles. The second-order valence-corrected chi connectivity index (χ2v) is 10.6. The van der Waals surface area contributed by atoms with Crippen LogP contribution in [0.25, 0.3) is 16.5 Å². The third-order valence-electron chi connectivity index (χ3n) is 5.31. The molecule has 3 aromatic carbocycles. The molecule has 0 aliphatic carbocycles. The van der Waals surface area contributed by atoms with E-state index in [4.69, 9.17) is 11.6 Å². The van der Waals surface area contributed by atoms with Crippen LogP contribution in [-0.4, -0.2) is 29.3 Å². The zero-order chi connectivity index (χ0) is 25.3. The average Bonchev–Trinajstić information content (AvgIpc) is 3.37.